The third kappa shape index (κ3) is 5.83. The summed E-state index contributed by atoms with van der Waals surface area (Å²) in [7, 11) is 0. The molecule has 0 saturated carbocycles. The standard InChI is InChI=1S/C18H21F3N6O4/c1-2-30-14(28)5-6-22-17(29)27-9-7-26(8-10-27)13-4-3-12(11-23-13)15-24-16(31-25-15)18(19,20)21/h3-4,11H,2,5-10H2,1H3,(H,22,29). The maximum atomic E-state index is 12.6. The number of carbonyl (C=O) groups excluding carboxylic acids is 2. The van der Waals surface area contributed by atoms with Crippen LogP contribution in [0.5, 0.6) is 0 Å². The van der Waals surface area contributed by atoms with E-state index in [1.807, 2.05) is 4.90 Å². The van der Waals surface area contributed by atoms with Crippen LogP contribution in [0.25, 0.3) is 11.4 Å². The number of halogens is 3. The van der Waals surface area contributed by atoms with Gasteiger partial charge in [-0.25, -0.2) is 9.78 Å². The van der Waals surface area contributed by atoms with Gasteiger partial charge in [0, 0.05) is 44.5 Å². The van der Waals surface area contributed by atoms with Crippen molar-refractivity contribution in [3.8, 4) is 11.4 Å². The summed E-state index contributed by atoms with van der Waals surface area (Å²) in [6.07, 6.45) is -3.22. The van der Waals surface area contributed by atoms with E-state index >= 15 is 0 Å². The third-order valence-corrected chi connectivity index (χ3v) is 4.48. The summed E-state index contributed by atoms with van der Waals surface area (Å²) in [6, 6.07) is 2.94. The van der Waals surface area contributed by atoms with Crippen molar-refractivity contribution in [2.45, 2.75) is 19.5 Å². The van der Waals surface area contributed by atoms with E-state index in [2.05, 4.69) is 25.0 Å². The molecule has 3 heterocycles. The lowest BCUT2D eigenvalue weighted by Crippen LogP contribution is -2.52. The molecule has 2 aromatic rings. The summed E-state index contributed by atoms with van der Waals surface area (Å²) in [5, 5.41) is 6.01. The van der Waals surface area contributed by atoms with Crippen molar-refractivity contribution in [1.82, 2.24) is 25.3 Å². The molecule has 10 nitrogen and oxygen atoms in total. The van der Waals surface area contributed by atoms with E-state index in [0.29, 0.717) is 44.2 Å². The number of esters is 1. The van der Waals surface area contributed by atoms with Gasteiger partial charge in [0.1, 0.15) is 5.82 Å². The normalized spacial score (nSPS) is 14.5. The van der Waals surface area contributed by atoms with Crippen LogP contribution in [0.1, 0.15) is 19.2 Å². The second-order valence-corrected chi connectivity index (χ2v) is 6.59. The summed E-state index contributed by atoms with van der Waals surface area (Å²) >= 11 is 0. The summed E-state index contributed by atoms with van der Waals surface area (Å²) in [5.74, 6) is -1.36. The molecule has 0 spiro atoms. The van der Waals surface area contributed by atoms with Crippen LogP contribution in [-0.2, 0) is 15.7 Å². The monoisotopic (exact) mass is 442 g/mol. The number of piperazine rings is 1. The summed E-state index contributed by atoms with van der Waals surface area (Å²) < 4.78 is 46.8. The number of ether oxygens (including phenoxy) is 1. The fourth-order valence-corrected chi connectivity index (χ4v) is 2.92. The average molecular weight is 442 g/mol. The Bertz CT molecular complexity index is 894. The first kappa shape index (κ1) is 22.3. The highest BCUT2D eigenvalue weighted by molar-refractivity contribution is 5.76. The van der Waals surface area contributed by atoms with Gasteiger partial charge >= 0.3 is 24.1 Å². The van der Waals surface area contributed by atoms with Crippen LogP contribution in [0, 0.1) is 0 Å². The highest BCUT2D eigenvalue weighted by Gasteiger charge is 2.38. The highest BCUT2D eigenvalue weighted by atomic mass is 19.4. The molecular formula is C18H21F3N6O4. The van der Waals surface area contributed by atoms with Crippen molar-refractivity contribution in [3.05, 3.63) is 24.2 Å². The summed E-state index contributed by atoms with van der Waals surface area (Å²) in [6.45, 7) is 4.17. The van der Waals surface area contributed by atoms with Crippen molar-refractivity contribution in [2.24, 2.45) is 0 Å². The second-order valence-electron chi connectivity index (χ2n) is 6.59. The maximum absolute atomic E-state index is 12.6. The van der Waals surface area contributed by atoms with E-state index in [9.17, 15) is 22.8 Å². The molecule has 1 aliphatic rings. The lowest BCUT2D eigenvalue weighted by atomic mass is 10.2. The zero-order valence-electron chi connectivity index (χ0n) is 16.7. The molecule has 2 amide bonds. The zero-order valence-corrected chi connectivity index (χ0v) is 16.7. The molecule has 3 rings (SSSR count). The number of anilines is 1. The molecule has 1 fully saturated rings. The minimum absolute atomic E-state index is 0.112. The molecule has 0 aromatic carbocycles. The number of aromatic nitrogens is 3. The Balaban J connectivity index is 1.49. The smallest absolute Gasteiger partial charge is 0.466 e. The quantitative estimate of drug-likeness (QED) is 0.676. The molecule has 1 N–H and O–H groups in total. The van der Waals surface area contributed by atoms with Gasteiger partial charge in [0.2, 0.25) is 5.82 Å². The fraction of sp³-hybridized carbons (Fsp3) is 0.500. The van der Waals surface area contributed by atoms with Crippen molar-refractivity contribution in [3.63, 3.8) is 0 Å². The Labute approximate surface area is 175 Å². The van der Waals surface area contributed by atoms with Gasteiger partial charge in [0.05, 0.1) is 13.0 Å². The van der Waals surface area contributed by atoms with E-state index in [4.69, 9.17) is 4.74 Å². The molecule has 31 heavy (non-hydrogen) atoms. The number of pyridine rings is 1. The molecule has 0 radical (unpaired) electrons. The zero-order chi connectivity index (χ0) is 22.4. The molecule has 2 aromatic heterocycles. The number of hydrogen-bond donors (Lipinski definition) is 1. The van der Waals surface area contributed by atoms with Crippen molar-refractivity contribution in [2.75, 3.05) is 44.2 Å². The number of amides is 2. The van der Waals surface area contributed by atoms with Gasteiger partial charge in [-0.15, -0.1) is 0 Å². The predicted molar refractivity (Wildman–Crippen MR) is 101 cm³/mol. The van der Waals surface area contributed by atoms with Gasteiger partial charge in [-0.1, -0.05) is 5.16 Å². The van der Waals surface area contributed by atoms with Crippen LogP contribution in [0.2, 0.25) is 0 Å². The first-order chi connectivity index (χ1) is 14.8. The first-order valence-electron chi connectivity index (χ1n) is 9.58. The van der Waals surface area contributed by atoms with Crippen LogP contribution in [0.3, 0.4) is 0 Å². The molecule has 1 saturated heterocycles. The van der Waals surface area contributed by atoms with Crippen molar-refractivity contribution >= 4 is 17.8 Å². The maximum Gasteiger partial charge on any atom is 0.471 e. The van der Waals surface area contributed by atoms with E-state index in [1.165, 1.54) is 6.20 Å². The van der Waals surface area contributed by atoms with Gasteiger partial charge in [-0.3, -0.25) is 4.79 Å². The molecule has 0 aliphatic carbocycles. The molecule has 0 unspecified atom stereocenters. The largest absolute Gasteiger partial charge is 0.471 e. The van der Waals surface area contributed by atoms with E-state index in [-0.39, 0.29) is 30.8 Å². The van der Waals surface area contributed by atoms with Crippen molar-refractivity contribution in [1.29, 1.82) is 0 Å². The van der Waals surface area contributed by atoms with Gasteiger partial charge in [-0.2, -0.15) is 18.2 Å². The van der Waals surface area contributed by atoms with Crippen LogP contribution < -0.4 is 10.2 Å². The van der Waals surface area contributed by atoms with E-state index in [0.717, 1.165) is 0 Å². The van der Waals surface area contributed by atoms with Gasteiger partial charge < -0.3 is 24.4 Å². The minimum Gasteiger partial charge on any atom is -0.466 e. The number of urea groups is 1. The van der Waals surface area contributed by atoms with E-state index < -0.39 is 12.1 Å². The van der Waals surface area contributed by atoms with Crippen LogP contribution in [0.4, 0.5) is 23.8 Å². The van der Waals surface area contributed by atoms with Crippen LogP contribution in [-0.4, -0.2) is 71.4 Å². The van der Waals surface area contributed by atoms with Crippen molar-refractivity contribution < 1.29 is 32.0 Å². The molecule has 1 aliphatic heterocycles. The molecule has 0 bridgehead atoms. The predicted octanol–water partition coefficient (Wildman–Crippen LogP) is 1.94. The summed E-state index contributed by atoms with van der Waals surface area (Å²) in [5.41, 5.74) is 0.294. The Hall–Kier alpha value is -3.38. The number of nitrogens with one attached hydrogen (secondary N) is 1. The third-order valence-electron chi connectivity index (χ3n) is 4.48. The molecule has 168 valence electrons. The van der Waals surface area contributed by atoms with Gasteiger partial charge in [0.15, 0.2) is 0 Å². The lowest BCUT2D eigenvalue weighted by molar-refractivity contribution is -0.159. The van der Waals surface area contributed by atoms with Crippen LogP contribution >= 0.6 is 0 Å². The molecule has 0 atom stereocenters. The number of carbonyl (C=O) groups is 2. The Morgan fingerprint density at radius 1 is 1.23 bits per heavy atom. The fourth-order valence-electron chi connectivity index (χ4n) is 2.92. The average Bonchev–Trinajstić information content (AvgIpc) is 3.25. The van der Waals surface area contributed by atoms with E-state index in [1.54, 1.807) is 24.0 Å². The van der Waals surface area contributed by atoms with Crippen LogP contribution in [0.15, 0.2) is 22.9 Å². The number of rotatable bonds is 6. The van der Waals surface area contributed by atoms with Gasteiger partial charge in [-0.05, 0) is 19.1 Å². The Kier molecular flexibility index (Phi) is 6.92. The summed E-state index contributed by atoms with van der Waals surface area (Å²) in [4.78, 5) is 34.6. The Morgan fingerprint density at radius 2 is 1.97 bits per heavy atom. The second kappa shape index (κ2) is 9.62. The molecular weight excluding hydrogens is 421 g/mol. The number of nitrogens with zero attached hydrogens (tertiary/aromatic N) is 5. The molecule has 13 heteroatoms. The first-order valence-corrected chi connectivity index (χ1v) is 9.58. The van der Waals surface area contributed by atoms with Gasteiger partial charge in [0.25, 0.3) is 0 Å². The highest BCUT2D eigenvalue weighted by Crippen LogP contribution is 2.29. The minimum atomic E-state index is -4.70. The SMILES string of the molecule is CCOC(=O)CCNC(=O)N1CCN(c2ccc(-c3noc(C(F)(F)F)n3)cn2)CC1. The number of alkyl halides is 3. The topological polar surface area (TPSA) is 114 Å². The Morgan fingerprint density at radius 3 is 2.55 bits per heavy atom. The number of hydrogen-bond acceptors (Lipinski definition) is 8. The lowest BCUT2D eigenvalue weighted by Gasteiger charge is -2.35.